The maximum atomic E-state index is 5.81. The van der Waals surface area contributed by atoms with Gasteiger partial charge < -0.3 is 10.6 Å². The molecule has 1 saturated carbocycles. The zero-order valence-corrected chi connectivity index (χ0v) is 12.0. The molecule has 0 spiro atoms. The molecule has 102 valence electrons. The van der Waals surface area contributed by atoms with E-state index in [1.807, 2.05) is 0 Å². The van der Waals surface area contributed by atoms with Crippen molar-refractivity contribution in [3.05, 3.63) is 0 Å². The Morgan fingerprint density at radius 2 is 1.59 bits per heavy atom. The molecule has 2 nitrogen and oxygen atoms in total. The van der Waals surface area contributed by atoms with Crippen molar-refractivity contribution in [2.24, 2.45) is 11.7 Å². The van der Waals surface area contributed by atoms with Crippen LogP contribution in [0.2, 0.25) is 0 Å². The molecule has 0 atom stereocenters. The number of nitrogens with zero attached hydrogens (tertiary/aromatic N) is 1. The van der Waals surface area contributed by atoms with Gasteiger partial charge in [0.2, 0.25) is 0 Å². The van der Waals surface area contributed by atoms with E-state index in [0.717, 1.165) is 5.92 Å². The molecule has 0 amide bonds. The first-order chi connectivity index (χ1) is 8.22. The fraction of sp³-hybridized carbons (Fsp3) is 1.00. The van der Waals surface area contributed by atoms with Crippen molar-refractivity contribution in [3.8, 4) is 0 Å². The summed E-state index contributed by atoms with van der Waals surface area (Å²) < 4.78 is 0. The lowest BCUT2D eigenvalue weighted by atomic mass is 9.80. The molecule has 1 aliphatic carbocycles. The van der Waals surface area contributed by atoms with Crippen LogP contribution in [0.25, 0.3) is 0 Å². The molecule has 0 aliphatic heterocycles. The van der Waals surface area contributed by atoms with Crippen molar-refractivity contribution in [1.29, 1.82) is 0 Å². The summed E-state index contributed by atoms with van der Waals surface area (Å²) in [5.74, 6) is 0.888. The summed E-state index contributed by atoms with van der Waals surface area (Å²) in [4.78, 5) is 2.50. The van der Waals surface area contributed by atoms with Crippen molar-refractivity contribution in [2.45, 2.75) is 70.8 Å². The number of unbranched alkanes of at least 4 members (excludes halogenated alkanes) is 6. The van der Waals surface area contributed by atoms with Crippen LogP contribution >= 0.6 is 0 Å². The Morgan fingerprint density at radius 3 is 2.18 bits per heavy atom. The molecule has 2 N–H and O–H groups in total. The van der Waals surface area contributed by atoms with Crippen molar-refractivity contribution in [1.82, 2.24) is 4.90 Å². The third kappa shape index (κ3) is 7.05. The molecule has 1 aliphatic rings. The average molecular weight is 240 g/mol. The third-order valence-corrected chi connectivity index (χ3v) is 3.99. The van der Waals surface area contributed by atoms with Gasteiger partial charge in [0.15, 0.2) is 0 Å². The van der Waals surface area contributed by atoms with Crippen LogP contribution in [-0.2, 0) is 0 Å². The average Bonchev–Trinajstić information content (AvgIpc) is 2.26. The topological polar surface area (TPSA) is 29.3 Å². The highest BCUT2D eigenvalue weighted by atomic mass is 15.1. The molecule has 0 aromatic carbocycles. The second-order valence-corrected chi connectivity index (χ2v) is 5.98. The first-order valence-electron chi connectivity index (χ1n) is 7.66. The van der Waals surface area contributed by atoms with E-state index in [9.17, 15) is 0 Å². The predicted octanol–water partition coefficient (Wildman–Crippen LogP) is 3.41. The molecular formula is C15H32N2. The van der Waals surface area contributed by atoms with Gasteiger partial charge in [0, 0.05) is 12.6 Å². The quantitative estimate of drug-likeness (QED) is 0.593. The largest absolute Gasteiger partial charge is 0.328 e. The Bertz CT molecular complexity index is 176. The molecule has 0 heterocycles. The molecule has 0 aromatic rings. The molecule has 1 fully saturated rings. The van der Waals surface area contributed by atoms with Crippen LogP contribution in [0.5, 0.6) is 0 Å². The fourth-order valence-corrected chi connectivity index (χ4v) is 2.81. The minimum atomic E-state index is 0.506. The summed E-state index contributed by atoms with van der Waals surface area (Å²) in [5.41, 5.74) is 5.81. The van der Waals surface area contributed by atoms with E-state index in [4.69, 9.17) is 5.73 Å². The summed E-state index contributed by atoms with van der Waals surface area (Å²) >= 11 is 0. The molecule has 0 radical (unpaired) electrons. The second kappa shape index (κ2) is 8.93. The zero-order valence-electron chi connectivity index (χ0n) is 12.0. The van der Waals surface area contributed by atoms with Crippen LogP contribution in [0, 0.1) is 5.92 Å². The summed E-state index contributed by atoms with van der Waals surface area (Å²) in [7, 11) is 2.26. The lowest BCUT2D eigenvalue weighted by Crippen LogP contribution is -2.42. The van der Waals surface area contributed by atoms with Gasteiger partial charge in [0.1, 0.15) is 0 Å². The molecule has 0 saturated heterocycles. The second-order valence-electron chi connectivity index (χ2n) is 5.98. The van der Waals surface area contributed by atoms with E-state index in [1.54, 1.807) is 0 Å². The van der Waals surface area contributed by atoms with Crippen molar-refractivity contribution >= 4 is 0 Å². The predicted molar refractivity (Wildman–Crippen MR) is 76.2 cm³/mol. The molecule has 2 heteroatoms. The molecule has 17 heavy (non-hydrogen) atoms. The van der Waals surface area contributed by atoms with Gasteiger partial charge in [0.05, 0.1) is 0 Å². The van der Waals surface area contributed by atoms with Gasteiger partial charge in [-0.05, 0) is 38.8 Å². The Labute approximate surface area is 108 Å². The van der Waals surface area contributed by atoms with E-state index >= 15 is 0 Å². The molecular weight excluding hydrogens is 208 g/mol. The lowest BCUT2D eigenvalue weighted by molar-refractivity contribution is 0.180. The molecule has 0 unspecified atom stereocenters. The first-order valence-corrected chi connectivity index (χ1v) is 7.66. The number of hydrogen-bond donors (Lipinski definition) is 1. The van der Waals surface area contributed by atoms with Crippen molar-refractivity contribution in [3.63, 3.8) is 0 Å². The lowest BCUT2D eigenvalue weighted by Gasteiger charge is -2.35. The van der Waals surface area contributed by atoms with Gasteiger partial charge in [-0.15, -0.1) is 0 Å². The number of hydrogen-bond acceptors (Lipinski definition) is 2. The monoisotopic (exact) mass is 240 g/mol. The highest BCUT2D eigenvalue weighted by Gasteiger charge is 2.26. The van der Waals surface area contributed by atoms with Crippen molar-refractivity contribution in [2.75, 3.05) is 20.1 Å². The Hall–Kier alpha value is -0.0800. The summed E-state index contributed by atoms with van der Waals surface area (Å²) in [5, 5.41) is 0. The normalized spacial score (nSPS) is 24.0. The summed E-state index contributed by atoms with van der Waals surface area (Å²) in [6, 6.07) is 0.506. The molecule has 0 bridgehead atoms. The van der Waals surface area contributed by atoms with Crippen LogP contribution in [0.3, 0.4) is 0 Å². The van der Waals surface area contributed by atoms with E-state index in [0.29, 0.717) is 6.04 Å². The van der Waals surface area contributed by atoms with Gasteiger partial charge in [-0.1, -0.05) is 45.4 Å². The van der Waals surface area contributed by atoms with E-state index < -0.39 is 0 Å². The summed E-state index contributed by atoms with van der Waals surface area (Å²) in [6.07, 6.45) is 12.4. The number of nitrogens with two attached hydrogens (primary N) is 1. The third-order valence-electron chi connectivity index (χ3n) is 3.99. The minimum absolute atomic E-state index is 0.506. The van der Waals surface area contributed by atoms with Crippen molar-refractivity contribution < 1.29 is 0 Å². The van der Waals surface area contributed by atoms with Crippen LogP contribution < -0.4 is 5.73 Å². The van der Waals surface area contributed by atoms with Crippen LogP contribution in [0.1, 0.15) is 64.7 Å². The SMILES string of the molecule is CCCCCCCCCN(C)CC1CC(N)C1. The van der Waals surface area contributed by atoms with Gasteiger partial charge in [-0.3, -0.25) is 0 Å². The van der Waals surface area contributed by atoms with Gasteiger partial charge >= 0.3 is 0 Å². The van der Waals surface area contributed by atoms with Gasteiger partial charge in [0.25, 0.3) is 0 Å². The van der Waals surface area contributed by atoms with E-state index in [1.165, 1.54) is 70.9 Å². The van der Waals surface area contributed by atoms with E-state index in [-0.39, 0.29) is 0 Å². The number of rotatable bonds is 10. The van der Waals surface area contributed by atoms with Crippen LogP contribution in [0.4, 0.5) is 0 Å². The Kier molecular flexibility index (Phi) is 7.87. The van der Waals surface area contributed by atoms with Crippen LogP contribution in [-0.4, -0.2) is 31.1 Å². The van der Waals surface area contributed by atoms with Gasteiger partial charge in [-0.25, -0.2) is 0 Å². The van der Waals surface area contributed by atoms with Gasteiger partial charge in [-0.2, -0.15) is 0 Å². The maximum Gasteiger partial charge on any atom is 0.00450 e. The standard InChI is InChI=1S/C15H32N2/c1-3-4-5-6-7-8-9-10-17(2)13-14-11-15(16)12-14/h14-15H,3-13,16H2,1-2H3. The summed E-state index contributed by atoms with van der Waals surface area (Å²) in [6.45, 7) is 4.82. The molecule has 0 aromatic heterocycles. The molecule has 1 rings (SSSR count). The zero-order chi connectivity index (χ0) is 12.5. The smallest absolute Gasteiger partial charge is 0.00450 e. The minimum Gasteiger partial charge on any atom is -0.328 e. The maximum absolute atomic E-state index is 5.81. The Balaban J connectivity index is 1.82. The highest BCUT2D eigenvalue weighted by molar-refractivity contribution is 4.83. The van der Waals surface area contributed by atoms with E-state index in [2.05, 4.69) is 18.9 Å². The first kappa shape index (κ1) is 15.0. The fourth-order valence-electron chi connectivity index (χ4n) is 2.81. The van der Waals surface area contributed by atoms with Crippen LogP contribution in [0.15, 0.2) is 0 Å². The Morgan fingerprint density at radius 1 is 1.00 bits per heavy atom. The highest BCUT2D eigenvalue weighted by Crippen LogP contribution is 2.26.